The first-order chi connectivity index (χ1) is 16.0. The van der Waals surface area contributed by atoms with Crippen LogP contribution in [0.3, 0.4) is 0 Å². The standard InChI is InChI=1S/C24H24BrF2N3O4/c1-14-29-21(34-13-17-7-8-18(26)10-19(17)27)20(25)22(31)30(14)12-16-6-4-5-15(9-16)11-28-23(32)24(2,3)33/h4-10,33H,11-13H2,1-3H3,(H,28,32). The van der Waals surface area contributed by atoms with E-state index in [2.05, 4.69) is 26.2 Å². The monoisotopic (exact) mass is 535 g/mol. The van der Waals surface area contributed by atoms with E-state index in [0.717, 1.165) is 23.3 Å². The number of halogens is 3. The van der Waals surface area contributed by atoms with Crippen molar-refractivity contribution in [2.45, 2.75) is 46.1 Å². The maximum Gasteiger partial charge on any atom is 0.272 e. The van der Waals surface area contributed by atoms with Crippen LogP contribution < -0.4 is 15.6 Å². The lowest BCUT2D eigenvalue weighted by molar-refractivity contribution is -0.136. The van der Waals surface area contributed by atoms with Crippen LogP contribution in [0.15, 0.2) is 51.7 Å². The van der Waals surface area contributed by atoms with Gasteiger partial charge in [-0.3, -0.25) is 14.2 Å². The van der Waals surface area contributed by atoms with Crippen LogP contribution in [-0.4, -0.2) is 26.2 Å². The highest BCUT2D eigenvalue weighted by Gasteiger charge is 2.23. The number of aryl methyl sites for hydroxylation is 1. The molecule has 0 aliphatic rings. The van der Waals surface area contributed by atoms with E-state index in [0.29, 0.717) is 5.82 Å². The van der Waals surface area contributed by atoms with Crippen molar-refractivity contribution in [3.8, 4) is 5.88 Å². The molecular weight excluding hydrogens is 512 g/mol. The van der Waals surface area contributed by atoms with Gasteiger partial charge in [-0.25, -0.2) is 8.78 Å². The van der Waals surface area contributed by atoms with E-state index in [9.17, 15) is 23.5 Å². The molecule has 1 amide bonds. The van der Waals surface area contributed by atoms with Crippen LogP contribution in [0.4, 0.5) is 8.78 Å². The van der Waals surface area contributed by atoms with Crippen LogP contribution in [0.1, 0.15) is 36.4 Å². The summed E-state index contributed by atoms with van der Waals surface area (Å²) in [5.74, 6) is -1.55. The zero-order valence-electron chi connectivity index (χ0n) is 18.9. The van der Waals surface area contributed by atoms with Gasteiger partial charge in [0, 0.05) is 18.2 Å². The predicted molar refractivity (Wildman–Crippen MR) is 125 cm³/mol. The largest absolute Gasteiger partial charge is 0.472 e. The number of nitrogens with zero attached hydrogens (tertiary/aromatic N) is 2. The molecule has 180 valence electrons. The molecule has 1 heterocycles. The van der Waals surface area contributed by atoms with Gasteiger partial charge in [0.2, 0.25) is 5.88 Å². The van der Waals surface area contributed by atoms with Gasteiger partial charge in [-0.1, -0.05) is 24.3 Å². The number of hydrogen-bond donors (Lipinski definition) is 2. The van der Waals surface area contributed by atoms with Gasteiger partial charge >= 0.3 is 0 Å². The lowest BCUT2D eigenvalue weighted by Gasteiger charge is -2.17. The SMILES string of the molecule is Cc1nc(OCc2ccc(F)cc2F)c(Br)c(=O)n1Cc1cccc(CNC(=O)C(C)(C)O)c1. The number of carbonyl (C=O) groups excluding carboxylic acids is 1. The lowest BCUT2D eigenvalue weighted by Crippen LogP contribution is -2.41. The summed E-state index contributed by atoms with van der Waals surface area (Å²) >= 11 is 3.21. The van der Waals surface area contributed by atoms with Gasteiger partial charge in [0.25, 0.3) is 11.5 Å². The molecule has 0 fully saturated rings. The molecule has 1 aromatic heterocycles. The third kappa shape index (κ3) is 6.27. The molecular formula is C24H24BrF2N3O4. The van der Waals surface area contributed by atoms with Crippen molar-refractivity contribution in [2.75, 3.05) is 0 Å². The summed E-state index contributed by atoms with van der Waals surface area (Å²) in [5.41, 5.74) is -0.134. The summed E-state index contributed by atoms with van der Waals surface area (Å²) in [6.45, 7) is 4.67. The smallest absolute Gasteiger partial charge is 0.272 e. The Morgan fingerprint density at radius 3 is 2.59 bits per heavy atom. The van der Waals surface area contributed by atoms with Gasteiger partial charge in [0.15, 0.2) is 0 Å². The molecule has 3 aromatic rings. The Balaban J connectivity index is 1.75. The Labute approximate surface area is 203 Å². The number of amides is 1. The molecule has 0 aliphatic carbocycles. The lowest BCUT2D eigenvalue weighted by atomic mass is 10.1. The number of hydrogen-bond acceptors (Lipinski definition) is 5. The highest BCUT2D eigenvalue weighted by Crippen LogP contribution is 2.21. The van der Waals surface area contributed by atoms with Crippen molar-refractivity contribution < 1.29 is 23.4 Å². The molecule has 0 aliphatic heterocycles. The van der Waals surface area contributed by atoms with E-state index in [-0.39, 0.29) is 41.2 Å². The van der Waals surface area contributed by atoms with Crippen LogP contribution in [0.2, 0.25) is 0 Å². The summed E-state index contributed by atoms with van der Waals surface area (Å²) in [5, 5.41) is 12.4. The van der Waals surface area contributed by atoms with E-state index >= 15 is 0 Å². The van der Waals surface area contributed by atoms with Crippen LogP contribution in [0.5, 0.6) is 5.88 Å². The average molecular weight is 536 g/mol. The first-order valence-corrected chi connectivity index (χ1v) is 11.2. The number of ether oxygens (including phenoxy) is 1. The Bertz CT molecular complexity index is 1270. The molecule has 0 atom stereocenters. The zero-order valence-corrected chi connectivity index (χ0v) is 20.4. The average Bonchev–Trinajstić information content (AvgIpc) is 2.77. The molecule has 7 nitrogen and oxygen atoms in total. The molecule has 2 N–H and O–H groups in total. The fourth-order valence-electron chi connectivity index (χ4n) is 3.10. The van der Waals surface area contributed by atoms with E-state index in [1.165, 1.54) is 24.5 Å². The number of rotatable bonds is 8. The number of nitrogens with one attached hydrogen (secondary N) is 1. The van der Waals surface area contributed by atoms with Gasteiger partial charge in [-0.05, 0) is 60.0 Å². The second-order valence-corrected chi connectivity index (χ2v) is 9.05. The van der Waals surface area contributed by atoms with Gasteiger partial charge in [0.05, 0.1) is 6.54 Å². The summed E-state index contributed by atoms with van der Waals surface area (Å²) in [6, 6.07) is 10.5. The molecule has 2 aromatic carbocycles. The van der Waals surface area contributed by atoms with E-state index in [4.69, 9.17) is 4.74 Å². The molecule has 0 spiro atoms. The number of benzene rings is 2. The van der Waals surface area contributed by atoms with Crippen LogP contribution in [0, 0.1) is 18.6 Å². The molecule has 0 bridgehead atoms. The first kappa shape index (κ1) is 25.5. The molecule has 0 saturated heterocycles. The van der Waals surface area contributed by atoms with Gasteiger partial charge in [0.1, 0.15) is 34.1 Å². The van der Waals surface area contributed by atoms with E-state index < -0.39 is 23.1 Å². The second-order valence-electron chi connectivity index (χ2n) is 8.26. The first-order valence-electron chi connectivity index (χ1n) is 10.4. The number of aromatic nitrogens is 2. The summed E-state index contributed by atoms with van der Waals surface area (Å²) in [6.07, 6.45) is 0. The fourth-order valence-corrected chi connectivity index (χ4v) is 3.52. The zero-order chi connectivity index (χ0) is 25.0. The molecule has 3 rings (SSSR count). The molecule has 34 heavy (non-hydrogen) atoms. The topological polar surface area (TPSA) is 93.5 Å². The maximum absolute atomic E-state index is 13.9. The molecule has 0 saturated carbocycles. The molecule has 0 radical (unpaired) electrons. The van der Waals surface area contributed by atoms with Gasteiger partial charge in [-0.15, -0.1) is 0 Å². The highest BCUT2D eigenvalue weighted by molar-refractivity contribution is 9.10. The minimum absolute atomic E-state index is 0.00514. The fraction of sp³-hybridized carbons (Fsp3) is 0.292. The van der Waals surface area contributed by atoms with E-state index in [1.54, 1.807) is 13.0 Å². The van der Waals surface area contributed by atoms with Crippen LogP contribution in [0.25, 0.3) is 0 Å². The van der Waals surface area contributed by atoms with Gasteiger partial charge < -0.3 is 15.2 Å². The highest BCUT2D eigenvalue weighted by atomic mass is 79.9. The van der Waals surface area contributed by atoms with Crippen LogP contribution in [-0.2, 0) is 24.5 Å². The van der Waals surface area contributed by atoms with Crippen LogP contribution >= 0.6 is 15.9 Å². The van der Waals surface area contributed by atoms with E-state index in [1.807, 2.05) is 18.2 Å². The van der Waals surface area contributed by atoms with Crippen molar-refractivity contribution in [1.29, 1.82) is 0 Å². The van der Waals surface area contributed by atoms with Gasteiger partial charge in [-0.2, -0.15) is 4.98 Å². The Morgan fingerprint density at radius 2 is 1.91 bits per heavy atom. The Hall–Kier alpha value is -3.11. The van der Waals surface area contributed by atoms with Crippen molar-refractivity contribution in [3.63, 3.8) is 0 Å². The number of aliphatic hydroxyl groups is 1. The van der Waals surface area contributed by atoms with Crippen molar-refractivity contribution in [3.05, 3.63) is 91.4 Å². The van der Waals surface area contributed by atoms with Crippen molar-refractivity contribution in [2.24, 2.45) is 0 Å². The number of carbonyl (C=O) groups is 1. The van der Waals surface area contributed by atoms with Crippen molar-refractivity contribution >= 4 is 21.8 Å². The summed E-state index contributed by atoms with van der Waals surface area (Å²) in [7, 11) is 0. The summed E-state index contributed by atoms with van der Waals surface area (Å²) in [4.78, 5) is 29.1. The Kier molecular flexibility index (Phi) is 7.83. The van der Waals surface area contributed by atoms with Crippen molar-refractivity contribution in [1.82, 2.24) is 14.9 Å². The minimum Gasteiger partial charge on any atom is -0.472 e. The summed E-state index contributed by atoms with van der Waals surface area (Å²) < 4.78 is 34.0. The predicted octanol–water partition coefficient (Wildman–Crippen LogP) is 3.61. The maximum atomic E-state index is 13.9. The normalized spacial score (nSPS) is 11.4. The minimum atomic E-state index is -1.48. The third-order valence-electron chi connectivity index (χ3n) is 4.99. The third-order valence-corrected chi connectivity index (χ3v) is 5.67. The Morgan fingerprint density at radius 1 is 1.21 bits per heavy atom. The molecule has 0 unspecified atom stereocenters. The quantitative estimate of drug-likeness (QED) is 0.459. The molecule has 10 heteroatoms. The second kappa shape index (κ2) is 10.4.